The van der Waals surface area contributed by atoms with Crippen LogP contribution in [0.4, 0.5) is 14.6 Å². The van der Waals surface area contributed by atoms with Crippen molar-refractivity contribution in [2.24, 2.45) is 11.8 Å². The van der Waals surface area contributed by atoms with Crippen LogP contribution in [0.25, 0.3) is 10.6 Å². The van der Waals surface area contributed by atoms with Crippen molar-refractivity contribution in [3.63, 3.8) is 0 Å². The molecule has 7 heteroatoms. The van der Waals surface area contributed by atoms with Gasteiger partial charge in [-0.2, -0.15) is 0 Å². The summed E-state index contributed by atoms with van der Waals surface area (Å²) in [6, 6.07) is 3.76. The molecule has 2 aromatic rings. The molecule has 0 radical (unpaired) electrons. The number of Topliss-reactive ketones (excluding diaryl/α,β-unsaturated/α-hetero) is 1. The summed E-state index contributed by atoms with van der Waals surface area (Å²) in [5, 5.41) is 2.69. The normalized spacial score (nSPS) is 24.6. The third kappa shape index (κ3) is 2.52. The summed E-state index contributed by atoms with van der Waals surface area (Å²) in [5.74, 6) is -2.66. The van der Waals surface area contributed by atoms with Crippen molar-refractivity contribution in [2.75, 3.05) is 18.0 Å². The van der Waals surface area contributed by atoms with Crippen LogP contribution in [0.2, 0.25) is 0 Å². The standard InChI is InChI=1S/C16H15F2N3OS/c1-9(22)4-11-8-23-15(20-11)10-2-3-14(19-5-10)21-6-12-13(7-21)16(12,17)18/h2-3,5,8,12-13H,4,6-7H2,1H3. The van der Waals surface area contributed by atoms with Crippen LogP contribution in [0.15, 0.2) is 23.7 Å². The van der Waals surface area contributed by atoms with Crippen molar-refractivity contribution in [3.05, 3.63) is 29.4 Å². The van der Waals surface area contributed by atoms with E-state index in [2.05, 4.69) is 9.97 Å². The van der Waals surface area contributed by atoms with Crippen LogP contribution in [-0.2, 0) is 11.2 Å². The lowest BCUT2D eigenvalue weighted by molar-refractivity contribution is -0.116. The molecule has 2 aromatic heterocycles. The number of ketones is 1. The number of nitrogens with zero attached hydrogens (tertiary/aromatic N) is 3. The molecule has 120 valence electrons. The second kappa shape index (κ2) is 5.06. The quantitative estimate of drug-likeness (QED) is 0.862. The molecule has 0 aromatic carbocycles. The second-order valence-corrected chi connectivity index (χ2v) is 7.08. The first-order chi connectivity index (χ1) is 10.9. The fourth-order valence-corrected chi connectivity index (χ4v) is 3.98. The van der Waals surface area contributed by atoms with Crippen molar-refractivity contribution in [3.8, 4) is 10.6 Å². The third-order valence-electron chi connectivity index (χ3n) is 4.50. The number of halogens is 2. The molecule has 2 aliphatic rings. The van der Waals surface area contributed by atoms with Crippen LogP contribution in [0.5, 0.6) is 0 Å². The summed E-state index contributed by atoms with van der Waals surface area (Å²) in [6.45, 7) is 2.30. The topological polar surface area (TPSA) is 46.1 Å². The van der Waals surface area contributed by atoms with Crippen molar-refractivity contribution in [2.45, 2.75) is 19.3 Å². The highest BCUT2D eigenvalue weighted by atomic mass is 32.1. The Hall–Kier alpha value is -1.89. The number of aromatic nitrogens is 2. The Labute approximate surface area is 136 Å². The van der Waals surface area contributed by atoms with Gasteiger partial charge in [0.2, 0.25) is 0 Å². The fraction of sp³-hybridized carbons (Fsp3) is 0.438. The number of rotatable bonds is 4. The fourth-order valence-electron chi connectivity index (χ4n) is 3.17. The van der Waals surface area contributed by atoms with Crippen molar-refractivity contribution >= 4 is 22.9 Å². The largest absolute Gasteiger partial charge is 0.356 e. The van der Waals surface area contributed by atoms with Gasteiger partial charge < -0.3 is 4.90 Å². The molecular weight excluding hydrogens is 320 g/mol. The number of alkyl halides is 2. The SMILES string of the molecule is CC(=O)Cc1csc(-c2ccc(N3CC4C(C3)C4(F)F)nc2)n1. The van der Waals surface area contributed by atoms with E-state index < -0.39 is 17.8 Å². The van der Waals surface area contributed by atoms with Crippen LogP contribution >= 0.6 is 11.3 Å². The lowest BCUT2D eigenvalue weighted by Gasteiger charge is -2.20. The van der Waals surface area contributed by atoms with Crippen molar-refractivity contribution < 1.29 is 13.6 Å². The Balaban J connectivity index is 1.46. The van der Waals surface area contributed by atoms with E-state index in [0.29, 0.717) is 19.5 Å². The summed E-state index contributed by atoms with van der Waals surface area (Å²) in [5.41, 5.74) is 1.65. The van der Waals surface area contributed by atoms with Crippen LogP contribution < -0.4 is 4.90 Å². The molecule has 1 saturated carbocycles. The molecule has 2 unspecified atom stereocenters. The number of pyridine rings is 1. The molecule has 23 heavy (non-hydrogen) atoms. The number of hydrogen-bond donors (Lipinski definition) is 0. The maximum absolute atomic E-state index is 13.2. The minimum atomic E-state index is -2.47. The van der Waals surface area contributed by atoms with E-state index >= 15 is 0 Å². The van der Waals surface area contributed by atoms with Gasteiger partial charge in [-0.05, 0) is 19.1 Å². The lowest BCUT2D eigenvalue weighted by atomic mass is 10.2. The zero-order valence-electron chi connectivity index (χ0n) is 12.5. The van der Waals surface area contributed by atoms with Crippen LogP contribution in [-0.4, -0.2) is 34.8 Å². The monoisotopic (exact) mass is 335 g/mol. The highest BCUT2D eigenvalue weighted by Crippen LogP contribution is 2.59. The van der Waals surface area contributed by atoms with E-state index in [9.17, 15) is 13.6 Å². The maximum Gasteiger partial charge on any atom is 0.258 e. The molecule has 1 aliphatic heterocycles. The molecule has 4 nitrogen and oxygen atoms in total. The van der Waals surface area contributed by atoms with Crippen molar-refractivity contribution in [1.82, 2.24) is 9.97 Å². The predicted octanol–water partition coefficient (Wildman–Crippen LogP) is 3.04. The maximum atomic E-state index is 13.2. The summed E-state index contributed by atoms with van der Waals surface area (Å²) >= 11 is 1.47. The molecule has 2 atom stereocenters. The number of hydrogen-bond acceptors (Lipinski definition) is 5. The number of fused-ring (bicyclic) bond motifs is 1. The Bertz CT molecular complexity index is 745. The van der Waals surface area contributed by atoms with Gasteiger partial charge in [0.1, 0.15) is 16.6 Å². The number of carbonyl (C=O) groups is 1. The third-order valence-corrected chi connectivity index (χ3v) is 5.44. The molecule has 0 N–H and O–H groups in total. The Morgan fingerprint density at radius 3 is 2.74 bits per heavy atom. The minimum absolute atomic E-state index is 0.0831. The van der Waals surface area contributed by atoms with Gasteiger partial charge in [0.05, 0.1) is 17.5 Å². The molecule has 1 aliphatic carbocycles. The van der Waals surface area contributed by atoms with Crippen LogP contribution in [0.1, 0.15) is 12.6 Å². The number of carbonyl (C=O) groups excluding carboxylic acids is 1. The minimum Gasteiger partial charge on any atom is -0.356 e. The smallest absolute Gasteiger partial charge is 0.258 e. The predicted molar refractivity (Wildman–Crippen MR) is 83.9 cm³/mol. The van der Waals surface area contributed by atoms with Crippen LogP contribution in [0.3, 0.4) is 0 Å². The number of piperidine rings is 1. The Morgan fingerprint density at radius 1 is 1.39 bits per heavy atom. The van der Waals surface area contributed by atoms with E-state index in [-0.39, 0.29) is 5.78 Å². The van der Waals surface area contributed by atoms with Gasteiger partial charge in [-0.15, -0.1) is 11.3 Å². The van der Waals surface area contributed by atoms with E-state index in [1.54, 1.807) is 13.1 Å². The molecular formula is C16H15F2N3OS. The van der Waals surface area contributed by atoms with Gasteiger partial charge in [0, 0.05) is 36.7 Å². The number of anilines is 1. The highest BCUT2D eigenvalue weighted by Gasteiger charge is 2.71. The van der Waals surface area contributed by atoms with E-state index in [4.69, 9.17) is 0 Å². The first-order valence-electron chi connectivity index (χ1n) is 7.48. The zero-order chi connectivity index (χ0) is 16.2. The first kappa shape index (κ1) is 14.7. The molecule has 0 amide bonds. The summed E-state index contributed by atoms with van der Waals surface area (Å²) < 4.78 is 26.5. The van der Waals surface area contributed by atoms with E-state index in [1.165, 1.54) is 11.3 Å². The summed E-state index contributed by atoms with van der Waals surface area (Å²) in [6.07, 6.45) is 2.06. The van der Waals surface area contributed by atoms with Gasteiger partial charge in [0.15, 0.2) is 0 Å². The summed E-state index contributed by atoms with van der Waals surface area (Å²) in [7, 11) is 0. The number of thiazole rings is 1. The van der Waals surface area contributed by atoms with Gasteiger partial charge >= 0.3 is 0 Å². The first-order valence-corrected chi connectivity index (χ1v) is 8.36. The van der Waals surface area contributed by atoms with E-state index in [0.717, 1.165) is 22.1 Å². The summed E-state index contributed by atoms with van der Waals surface area (Å²) in [4.78, 5) is 21.9. The zero-order valence-corrected chi connectivity index (χ0v) is 13.3. The molecule has 1 saturated heterocycles. The molecule has 2 fully saturated rings. The molecule has 4 rings (SSSR count). The van der Waals surface area contributed by atoms with Gasteiger partial charge in [-0.3, -0.25) is 4.79 Å². The van der Waals surface area contributed by atoms with Crippen LogP contribution in [0, 0.1) is 11.8 Å². The van der Waals surface area contributed by atoms with Gasteiger partial charge in [0.25, 0.3) is 5.92 Å². The Morgan fingerprint density at radius 2 is 2.13 bits per heavy atom. The average molecular weight is 335 g/mol. The van der Waals surface area contributed by atoms with Crippen molar-refractivity contribution in [1.29, 1.82) is 0 Å². The average Bonchev–Trinajstić information content (AvgIpc) is 2.98. The molecule has 0 bridgehead atoms. The molecule has 0 spiro atoms. The highest BCUT2D eigenvalue weighted by molar-refractivity contribution is 7.13. The van der Waals surface area contributed by atoms with Gasteiger partial charge in [-0.1, -0.05) is 0 Å². The van der Waals surface area contributed by atoms with Gasteiger partial charge in [-0.25, -0.2) is 18.7 Å². The molecule has 3 heterocycles. The Kier molecular flexibility index (Phi) is 3.23. The second-order valence-electron chi connectivity index (χ2n) is 6.22. The van der Waals surface area contributed by atoms with E-state index in [1.807, 2.05) is 22.4 Å². The lowest BCUT2D eigenvalue weighted by Crippen LogP contribution is -2.27.